The van der Waals surface area contributed by atoms with E-state index in [1.165, 1.54) is 0 Å². The van der Waals surface area contributed by atoms with Gasteiger partial charge >= 0.3 is 0 Å². The third-order valence-corrected chi connectivity index (χ3v) is 3.11. The highest BCUT2D eigenvalue weighted by Crippen LogP contribution is 2.31. The Balaban J connectivity index is 3.06. The van der Waals surface area contributed by atoms with Gasteiger partial charge in [0.05, 0.1) is 19.9 Å². The molecule has 1 heterocycles. The van der Waals surface area contributed by atoms with Gasteiger partial charge in [-0.1, -0.05) is 13.8 Å². The molecule has 0 amide bonds. The van der Waals surface area contributed by atoms with Crippen LogP contribution in [0.1, 0.15) is 26.5 Å². The first-order valence-corrected chi connectivity index (χ1v) is 6.07. The molecule has 0 N–H and O–H groups in total. The second-order valence-corrected chi connectivity index (χ2v) is 4.66. The van der Waals surface area contributed by atoms with Gasteiger partial charge < -0.3 is 9.47 Å². The second kappa shape index (κ2) is 6.38. The number of Topliss-reactive ketones (excluding diaryl/α,β-unsaturated/α-hetero) is 1. The summed E-state index contributed by atoms with van der Waals surface area (Å²) in [6.07, 6.45) is 2.25. The number of carbonyl (C=O) groups is 1. The van der Waals surface area contributed by atoms with E-state index in [0.717, 1.165) is 5.69 Å². The number of hydrogen-bond acceptors (Lipinski definition) is 4. The third-order valence-electron chi connectivity index (χ3n) is 3.11. The van der Waals surface area contributed by atoms with Gasteiger partial charge in [-0.25, -0.2) is 0 Å². The molecule has 0 aromatic carbocycles. The van der Waals surface area contributed by atoms with Crippen LogP contribution in [0, 0.1) is 11.8 Å². The molecule has 18 heavy (non-hydrogen) atoms. The quantitative estimate of drug-likeness (QED) is 0.779. The van der Waals surface area contributed by atoms with Crippen LogP contribution < -0.4 is 9.47 Å². The van der Waals surface area contributed by atoms with Gasteiger partial charge in [-0.15, -0.1) is 0 Å². The highest BCUT2D eigenvalue weighted by atomic mass is 16.5. The smallest absolute Gasteiger partial charge is 0.182 e. The number of rotatable bonds is 6. The van der Waals surface area contributed by atoms with Crippen molar-refractivity contribution in [2.45, 2.75) is 27.2 Å². The summed E-state index contributed by atoms with van der Waals surface area (Å²) in [6, 6.07) is 1.75. The molecule has 0 fully saturated rings. The van der Waals surface area contributed by atoms with Gasteiger partial charge in [0.1, 0.15) is 5.78 Å². The van der Waals surface area contributed by atoms with Crippen LogP contribution in [-0.4, -0.2) is 25.0 Å². The Hall–Kier alpha value is -1.58. The first-order chi connectivity index (χ1) is 8.51. The highest BCUT2D eigenvalue weighted by molar-refractivity contribution is 5.78. The van der Waals surface area contributed by atoms with Crippen LogP contribution in [0.2, 0.25) is 0 Å². The maximum absolute atomic E-state index is 11.6. The Morgan fingerprint density at radius 1 is 1.33 bits per heavy atom. The van der Waals surface area contributed by atoms with Crippen LogP contribution in [0.15, 0.2) is 12.3 Å². The molecule has 1 aromatic rings. The number of methoxy groups -OCH3 is 2. The standard InChI is InChI=1S/C14H21NO3/c1-9(2)11(10(3)16)8-12-14(18-5)13(17-4)6-7-15-12/h6-7,9,11H,8H2,1-5H3. The molecule has 0 saturated heterocycles. The fourth-order valence-electron chi connectivity index (χ4n) is 2.05. The van der Waals surface area contributed by atoms with Crippen LogP contribution in [0.4, 0.5) is 0 Å². The monoisotopic (exact) mass is 251 g/mol. The van der Waals surface area contributed by atoms with Gasteiger partial charge in [0.25, 0.3) is 0 Å². The molecule has 0 spiro atoms. The average Bonchev–Trinajstić information content (AvgIpc) is 2.34. The van der Waals surface area contributed by atoms with Crippen LogP contribution >= 0.6 is 0 Å². The van der Waals surface area contributed by atoms with E-state index in [9.17, 15) is 4.79 Å². The number of carbonyl (C=O) groups excluding carboxylic acids is 1. The fraction of sp³-hybridized carbons (Fsp3) is 0.571. The molecule has 1 rings (SSSR count). The zero-order chi connectivity index (χ0) is 13.7. The largest absolute Gasteiger partial charge is 0.493 e. The lowest BCUT2D eigenvalue weighted by Gasteiger charge is -2.19. The lowest BCUT2D eigenvalue weighted by Crippen LogP contribution is -2.21. The van der Waals surface area contributed by atoms with Gasteiger partial charge in [-0.05, 0) is 12.8 Å². The van der Waals surface area contributed by atoms with Crippen molar-refractivity contribution < 1.29 is 14.3 Å². The summed E-state index contributed by atoms with van der Waals surface area (Å²) >= 11 is 0. The van der Waals surface area contributed by atoms with Crippen molar-refractivity contribution in [1.29, 1.82) is 0 Å². The molecule has 0 aliphatic rings. The summed E-state index contributed by atoms with van der Waals surface area (Å²) in [5.74, 6) is 1.68. The molecule has 1 unspecified atom stereocenters. The molecule has 0 aliphatic carbocycles. The van der Waals surface area contributed by atoms with Crippen LogP contribution in [0.5, 0.6) is 11.5 Å². The van der Waals surface area contributed by atoms with Gasteiger partial charge in [-0.2, -0.15) is 0 Å². The predicted octanol–water partition coefficient (Wildman–Crippen LogP) is 2.50. The number of hydrogen-bond donors (Lipinski definition) is 0. The zero-order valence-corrected chi connectivity index (χ0v) is 11.7. The maximum Gasteiger partial charge on any atom is 0.182 e. The molecule has 4 nitrogen and oxygen atoms in total. The maximum atomic E-state index is 11.6. The molecular weight excluding hydrogens is 230 g/mol. The van der Waals surface area contributed by atoms with Crippen molar-refractivity contribution in [3.05, 3.63) is 18.0 Å². The minimum atomic E-state index is -0.0430. The minimum Gasteiger partial charge on any atom is -0.493 e. The number of ketones is 1. The van der Waals surface area contributed by atoms with E-state index in [0.29, 0.717) is 17.9 Å². The molecule has 0 saturated carbocycles. The molecule has 1 aromatic heterocycles. The van der Waals surface area contributed by atoms with E-state index in [1.54, 1.807) is 33.4 Å². The summed E-state index contributed by atoms with van der Waals surface area (Å²) < 4.78 is 10.6. The third kappa shape index (κ3) is 3.22. The second-order valence-electron chi connectivity index (χ2n) is 4.66. The number of ether oxygens (including phenoxy) is 2. The normalized spacial score (nSPS) is 12.3. The molecule has 0 bridgehead atoms. The minimum absolute atomic E-state index is 0.0430. The van der Waals surface area contributed by atoms with E-state index >= 15 is 0 Å². The van der Waals surface area contributed by atoms with Crippen molar-refractivity contribution >= 4 is 5.78 Å². The lowest BCUT2D eigenvalue weighted by molar-refractivity contribution is -0.121. The van der Waals surface area contributed by atoms with Crippen molar-refractivity contribution in [2.75, 3.05) is 14.2 Å². The molecule has 0 radical (unpaired) electrons. The van der Waals surface area contributed by atoms with E-state index in [1.807, 2.05) is 13.8 Å². The van der Waals surface area contributed by atoms with E-state index in [2.05, 4.69) is 4.98 Å². The van der Waals surface area contributed by atoms with E-state index < -0.39 is 0 Å². The van der Waals surface area contributed by atoms with Crippen LogP contribution in [-0.2, 0) is 11.2 Å². The number of aromatic nitrogens is 1. The molecule has 100 valence electrons. The van der Waals surface area contributed by atoms with Crippen molar-refractivity contribution in [3.8, 4) is 11.5 Å². The van der Waals surface area contributed by atoms with Crippen LogP contribution in [0.3, 0.4) is 0 Å². The summed E-state index contributed by atoms with van der Waals surface area (Å²) in [5, 5.41) is 0. The number of pyridine rings is 1. The zero-order valence-electron chi connectivity index (χ0n) is 11.7. The summed E-state index contributed by atoms with van der Waals surface area (Å²) in [6.45, 7) is 5.70. The summed E-state index contributed by atoms with van der Waals surface area (Å²) in [7, 11) is 3.17. The molecular formula is C14H21NO3. The Kier molecular flexibility index (Phi) is 5.13. The first-order valence-electron chi connectivity index (χ1n) is 6.07. The van der Waals surface area contributed by atoms with E-state index in [-0.39, 0.29) is 17.6 Å². The molecule has 1 atom stereocenters. The van der Waals surface area contributed by atoms with Crippen LogP contribution in [0.25, 0.3) is 0 Å². The first kappa shape index (κ1) is 14.5. The average molecular weight is 251 g/mol. The Bertz CT molecular complexity index is 416. The van der Waals surface area contributed by atoms with Gasteiger partial charge in [0.2, 0.25) is 0 Å². The number of nitrogens with zero attached hydrogens (tertiary/aromatic N) is 1. The Morgan fingerprint density at radius 2 is 2.00 bits per heavy atom. The van der Waals surface area contributed by atoms with Crippen molar-refractivity contribution in [1.82, 2.24) is 4.98 Å². The highest BCUT2D eigenvalue weighted by Gasteiger charge is 2.22. The Labute approximate surface area is 108 Å². The Morgan fingerprint density at radius 3 is 2.44 bits per heavy atom. The van der Waals surface area contributed by atoms with Gasteiger partial charge in [0.15, 0.2) is 11.5 Å². The van der Waals surface area contributed by atoms with Crippen molar-refractivity contribution in [2.24, 2.45) is 11.8 Å². The SMILES string of the molecule is COc1ccnc(CC(C(C)=O)C(C)C)c1OC. The summed E-state index contributed by atoms with van der Waals surface area (Å²) in [5.41, 5.74) is 0.769. The van der Waals surface area contributed by atoms with E-state index in [4.69, 9.17) is 9.47 Å². The fourth-order valence-corrected chi connectivity index (χ4v) is 2.05. The van der Waals surface area contributed by atoms with Gasteiger partial charge in [-0.3, -0.25) is 9.78 Å². The summed E-state index contributed by atoms with van der Waals surface area (Å²) in [4.78, 5) is 15.9. The molecule has 4 heteroatoms. The van der Waals surface area contributed by atoms with Crippen molar-refractivity contribution in [3.63, 3.8) is 0 Å². The topological polar surface area (TPSA) is 48.4 Å². The predicted molar refractivity (Wildman–Crippen MR) is 70.1 cm³/mol. The lowest BCUT2D eigenvalue weighted by atomic mass is 9.87. The van der Waals surface area contributed by atoms with Gasteiger partial charge in [0, 0.05) is 24.6 Å². The molecule has 0 aliphatic heterocycles.